The van der Waals surface area contributed by atoms with Gasteiger partial charge in [0, 0.05) is 24.7 Å². The van der Waals surface area contributed by atoms with Gasteiger partial charge in [-0.1, -0.05) is 42.5 Å². The molecule has 29 heavy (non-hydrogen) atoms. The summed E-state index contributed by atoms with van der Waals surface area (Å²) in [5.41, 5.74) is 2.57. The number of hydrogen-bond acceptors (Lipinski definition) is 7. The summed E-state index contributed by atoms with van der Waals surface area (Å²) in [4.78, 5) is 19.2. The molecule has 0 aliphatic rings. The zero-order valence-electron chi connectivity index (χ0n) is 15.7. The molecule has 0 saturated carbocycles. The van der Waals surface area contributed by atoms with Crippen molar-refractivity contribution < 1.29 is 4.92 Å². The van der Waals surface area contributed by atoms with Crippen LogP contribution >= 0.6 is 0 Å². The number of aromatic amines is 1. The molecular formula is C20H19N7O2. The molecule has 2 aromatic heterocycles. The molecule has 0 unspecified atom stereocenters. The van der Waals surface area contributed by atoms with E-state index in [9.17, 15) is 10.1 Å². The Labute approximate surface area is 166 Å². The van der Waals surface area contributed by atoms with Gasteiger partial charge in [0.25, 0.3) is 5.69 Å². The van der Waals surface area contributed by atoms with Crippen LogP contribution in [0.2, 0.25) is 0 Å². The molecular weight excluding hydrogens is 370 g/mol. The molecule has 2 heterocycles. The van der Waals surface area contributed by atoms with E-state index in [-0.39, 0.29) is 11.7 Å². The van der Waals surface area contributed by atoms with E-state index in [0.717, 1.165) is 16.5 Å². The fourth-order valence-corrected chi connectivity index (χ4v) is 3.09. The van der Waals surface area contributed by atoms with Gasteiger partial charge in [-0.05, 0) is 18.1 Å². The molecule has 4 aromatic rings. The van der Waals surface area contributed by atoms with Crippen LogP contribution in [0.3, 0.4) is 0 Å². The number of nitrogens with zero attached hydrogens (tertiary/aromatic N) is 4. The number of non-ortho nitro benzene ring substituents is 1. The Morgan fingerprint density at radius 2 is 1.93 bits per heavy atom. The molecule has 2 aromatic carbocycles. The van der Waals surface area contributed by atoms with E-state index in [2.05, 4.69) is 37.7 Å². The largest absolute Gasteiger partial charge is 0.364 e. The first-order valence-corrected chi connectivity index (χ1v) is 9.09. The number of fused-ring (bicyclic) bond motifs is 1. The van der Waals surface area contributed by atoms with Crippen molar-refractivity contribution in [3.05, 3.63) is 82.2 Å². The van der Waals surface area contributed by atoms with Crippen molar-refractivity contribution in [1.29, 1.82) is 0 Å². The fourth-order valence-electron chi connectivity index (χ4n) is 3.09. The van der Waals surface area contributed by atoms with Crippen molar-refractivity contribution >= 4 is 28.4 Å². The average molecular weight is 389 g/mol. The number of nitro benzene ring substituents is 1. The van der Waals surface area contributed by atoms with Crippen LogP contribution in [0.1, 0.15) is 24.1 Å². The molecule has 4 rings (SSSR count). The Balaban J connectivity index is 1.58. The predicted molar refractivity (Wildman–Crippen MR) is 111 cm³/mol. The third-order valence-corrected chi connectivity index (χ3v) is 4.59. The van der Waals surface area contributed by atoms with Crippen molar-refractivity contribution in [2.45, 2.75) is 19.5 Å². The first kappa shape index (κ1) is 18.4. The van der Waals surface area contributed by atoms with Gasteiger partial charge >= 0.3 is 0 Å². The van der Waals surface area contributed by atoms with Crippen molar-refractivity contribution in [2.75, 3.05) is 10.6 Å². The highest BCUT2D eigenvalue weighted by Crippen LogP contribution is 2.28. The normalized spacial score (nSPS) is 11.9. The van der Waals surface area contributed by atoms with E-state index in [4.69, 9.17) is 0 Å². The van der Waals surface area contributed by atoms with Crippen LogP contribution in [0, 0.1) is 10.1 Å². The lowest BCUT2D eigenvalue weighted by atomic mass is 10.1. The Bertz CT molecular complexity index is 1140. The minimum Gasteiger partial charge on any atom is -0.364 e. The summed E-state index contributed by atoms with van der Waals surface area (Å²) in [6.45, 7) is 2.43. The van der Waals surface area contributed by atoms with Crippen molar-refractivity contribution in [3.8, 4) is 0 Å². The van der Waals surface area contributed by atoms with Crippen LogP contribution < -0.4 is 10.6 Å². The van der Waals surface area contributed by atoms with E-state index < -0.39 is 4.92 Å². The Morgan fingerprint density at radius 1 is 1.10 bits per heavy atom. The molecule has 1 atom stereocenters. The van der Waals surface area contributed by atoms with Crippen LogP contribution in [0.5, 0.6) is 0 Å². The van der Waals surface area contributed by atoms with E-state index >= 15 is 0 Å². The van der Waals surface area contributed by atoms with Crippen molar-refractivity contribution in [2.24, 2.45) is 0 Å². The number of aromatic nitrogens is 4. The van der Waals surface area contributed by atoms with Gasteiger partial charge < -0.3 is 10.6 Å². The highest BCUT2D eigenvalue weighted by molar-refractivity contribution is 5.96. The van der Waals surface area contributed by atoms with E-state index in [1.54, 1.807) is 6.07 Å². The zero-order chi connectivity index (χ0) is 20.2. The third kappa shape index (κ3) is 3.98. The van der Waals surface area contributed by atoms with Crippen molar-refractivity contribution in [1.82, 2.24) is 20.2 Å². The molecule has 9 nitrogen and oxygen atoms in total. The van der Waals surface area contributed by atoms with Gasteiger partial charge in [0.1, 0.15) is 17.5 Å². The van der Waals surface area contributed by atoms with Crippen LogP contribution in [-0.4, -0.2) is 25.1 Å². The number of benzene rings is 2. The lowest BCUT2D eigenvalue weighted by molar-refractivity contribution is -0.384. The summed E-state index contributed by atoms with van der Waals surface area (Å²) in [7, 11) is 0. The van der Waals surface area contributed by atoms with Gasteiger partial charge in [-0.3, -0.25) is 15.2 Å². The molecule has 0 saturated heterocycles. The summed E-state index contributed by atoms with van der Waals surface area (Å²) in [5.74, 6) is 1.23. The summed E-state index contributed by atoms with van der Waals surface area (Å²) < 4.78 is 0. The van der Waals surface area contributed by atoms with Gasteiger partial charge in [-0.25, -0.2) is 9.97 Å². The maximum Gasteiger partial charge on any atom is 0.269 e. The molecule has 9 heteroatoms. The number of hydrogen-bond donors (Lipinski definition) is 3. The summed E-state index contributed by atoms with van der Waals surface area (Å²) >= 11 is 0. The second-order valence-corrected chi connectivity index (χ2v) is 6.58. The maximum atomic E-state index is 11.0. The van der Waals surface area contributed by atoms with E-state index in [1.807, 2.05) is 36.4 Å². The highest BCUT2D eigenvalue weighted by atomic mass is 16.6. The average Bonchev–Trinajstić information content (AvgIpc) is 3.17. The maximum absolute atomic E-state index is 11.0. The zero-order valence-corrected chi connectivity index (χ0v) is 15.7. The van der Waals surface area contributed by atoms with E-state index in [0.29, 0.717) is 23.8 Å². The lowest BCUT2D eigenvalue weighted by Crippen LogP contribution is -2.09. The number of H-pyrrole nitrogens is 1. The molecule has 0 radical (unpaired) electrons. The molecule has 0 bridgehead atoms. The second-order valence-electron chi connectivity index (χ2n) is 6.58. The first-order chi connectivity index (χ1) is 14.1. The molecule has 0 aliphatic heterocycles. The topological polar surface area (TPSA) is 122 Å². The SMILES string of the molecule is C[C@@H](Nc1ncnc2[nH]nc(NCc3cccc([N+](=O)[O-])c3)c12)c1ccccc1. The highest BCUT2D eigenvalue weighted by Gasteiger charge is 2.15. The number of nitro groups is 1. The van der Waals surface area contributed by atoms with Gasteiger partial charge in [0.2, 0.25) is 0 Å². The van der Waals surface area contributed by atoms with Gasteiger partial charge in [0.05, 0.1) is 4.92 Å². The second kappa shape index (κ2) is 7.93. The fraction of sp³-hybridized carbons (Fsp3) is 0.150. The smallest absolute Gasteiger partial charge is 0.269 e. The molecule has 0 fully saturated rings. The number of anilines is 2. The minimum atomic E-state index is -0.408. The van der Waals surface area contributed by atoms with Crippen molar-refractivity contribution in [3.63, 3.8) is 0 Å². The van der Waals surface area contributed by atoms with Gasteiger partial charge in [-0.15, -0.1) is 0 Å². The molecule has 146 valence electrons. The summed E-state index contributed by atoms with van der Waals surface area (Å²) in [6.07, 6.45) is 1.48. The lowest BCUT2D eigenvalue weighted by Gasteiger charge is -2.15. The monoisotopic (exact) mass is 389 g/mol. The van der Waals surface area contributed by atoms with Crippen LogP contribution in [-0.2, 0) is 6.54 Å². The van der Waals surface area contributed by atoms with Gasteiger partial charge in [-0.2, -0.15) is 5.10 Å². The van der Waals surface area contributed by atoms with Crippen LogP contribution in [0.25, 0.3) is 11.0 Å². The Hall–Kier alpha value is -4.01. The minimum absolute atomic E-state index is 0.0359. The predicted octanol–water partition coefficient (Wildman–Crippen LogP) is 4.05. The quantitative estimate of drug-likeness (QED) is 0.322. The Morgan fingerprint density at radius 3 is 2.72 bits per heavy atom. The molecule has 0 amide bonds. The molecule has 0 spiro atoms. The standard InChI is InChI=1S/C20H19N7O2/c1-13(15-7-3-2-4-8-15)24-18-17-19(25-26-20(17)23-12-22-18)21-11-14-6-5-9-16(10-14)27(28)29/h2-10,12-13H,11H2,1H3,(H3,21,22,23,24,25,26)/t13-/m1/s1. The van der Waals surface area contributed by atoms with Crippen LogP contribution in [0.15, 0.2) is 60.9 Å². The summed E-state index contributed by atoms with van der Waals surface area (Å²) in [6, 6.07) is 16.6. The summed E-state index contributed by atoms with van der Waals surface area (Å²) in [5, 5.41) is 25.5. The van der Waals surface area contributed by atoms with E-state index in [1.165, 1.54) is 18.5 Å². The van der Waals surface area contributed by atoms with Crippen LogP contribution in [0.4, 0.5) is 17.3 Å². The number of rotatable bonds is 7. The number of nitrogens with one attached hydrogen (secondary N) is 3. The molecule has 3 N–H and O–H groups in total. The third-order valence-electron chi connectivity index (χ3n) is 4.59. The van der Waals surface area contributed by atoms with Gasteiger partial charge in [0.15, 0.2) is 11.5 Å². The first-order valence-electron chi connectivity index (χ1n) is 9.09. The Kier molecular flexibility index (Phi) is 5.02. The molecule has 0 aliphatic carbocycles.